The maximum Gasteiger partial charge on any atom is 0.349 e. The van der Waals surface area contributed by atoms with Crippen molar-refractivity contribution in [1.82, 2.24) is 15.0 Å². The summed E-state index contributed by atoms with van der Waals surface area (Å²) < 4.78 is 29.8. The number of hydrogen-bond donors (Lipinski definition) is 1. The second-order valence-corrected chi connectivity index (χ2v) is 11.6. The molecule has 2 aliphatic rings. The van der Waals surface area contributed by atoms with Crippen molar-refractivity contribution in [3.8, 4) is 0 Å². The summed E-state index contributed by atoms with van der Waals surface area (Å²) in [6, 6.07) is 8.80. The third-order valence-corrected chi connectivity index (χ3v) is 8.23. The summed E-state index contributed by atoms with van der Waals surface area (Å²) in [5, 5.41) is 0.684. The Morgan fingerprint density at radius 3 is 2.21 bits per heavy atom. The molecule has 0 saturated carbocycles. The number of carbonyl (C=O) groups excluding carboxylic acids is 4. The van der Waals surface area contributed by atoms with Gasteiger partial charge in [0, 0.05) is 33.8 Å². The van der Waals surface area contributed by atoms with Gasteiger partial charge in [0.2, 0.25) is 19.8 Å². The van der Waals surface area contributed by atoms with E-state index in [4.69, 9.17) is 11.6 Å². The van der Waals surface area contributed by atoms with Gasteiger partial charge in [0.1, 0.15) is 45.3 Å². The minimum absolute atomic E-state index is 0.113. The van der Waals surface area contributed by atoms with Crippen molar-refractivity contribution in [2.45, 2.75) is 34.9 Å². The molecular formula is C22H24B6ClF2N3O4. The second-order valence-electron chi connectivity index (χ2n) is 11.1. The Kier molecular flexibility index (Phi) is 6.92. The molecule has 2 aromatic carbocycles. The molecule has 190 valence electrons. The van der Waals surface area contributed by atoms with Gasteiger partial charge in [-0.05, 0) is 29.3 Å². The molecule has 1 N–H and O–H groups in total. The van der Waals surface area contributed by atoms with Gasteiger partial charge in [-0.3, -0.25) is 19.2 Å². The number of piperidine rings is 1. The first-order valence-electron chi connectivity index (χ1n) is 12.2. The highest BCUT2D eigenvalue weighted by molar-refractivity contribution is 6.52. The SMILES string of the molecule is BC1C(=O)N(B)C(=O)C(N2Cc3cc(C(B)(B)NC(=O)C(F)(F)c4ccc(Cl)cc4)ccc3C2=O)C1(B)B. The van der Waals surface area contributed by atoms with Crippen LogP contribution in [0.5, 0.6) is 0 Å². The van der Waals surface area contributed by atoms with Crippen LogP contribution in [0.1, 0.15) is 27.0 Å². The van der Waals surface area contributed by atoms with E-state index < -0.39 is 45.7 Å². The number of hydrogen-bond acceptors (Lipinski definition) is 4. The highest BCUT2D eigenvalue weighted by Gasteiger charge is 2.54. The maximum atomic E-state index is 14.9. The fourth-order valence-corrected chi connectivity index (χ4v) is 5.28. The third kappa shape index (κ3) is 4.48. The molecule has 4 rings (SSSR count). The predicted molar refractivity (Wildman–Crippen MR) is 155 cm³/mol. The number of benzene rings is 2. The fraction of sp³-hybridized carbons (Fsp3) is 0.273. The highest BCUT2D eigenvalue weighted by atomic mass is 35.5. The van der Waals surface area contributed by atoms with E-state index in [-0.39, 0.29) is 23.4 Å². The molecule has 1 saturated heterocycles. The molecule has 0 spiro atoms. The molecular weight excluding hydrogens is 509 g/mol. The Balaban J connectivity index is 1.59. The van der Waals surface area contributed by atoms with Gasteiger partial charge >= 0.3 is 5.92 Å². The van der Waals surface area contributed by atoms with Gasteiger partial charge in [0.05, 0.1) is 0 Å². The summed E-state index contributed by atoms with van der Waals surface area (Å²) in [6.45, 7) is 0.113. The van der Waals surface area contributed by atoms with Crippen LogP contribution in [0, 0.1) is 0 Å². The maximum absolute atomic E-state index is 14.9. The lowest BCUT2D eigenvalue weighted by Crippen LogP contribution is -2.63. The van der Waals surface area contributed by atoms with Gasteiger partial charge in [-0.1, -0.05) is 41.1 Å². The van der Waals surface area contributed by atoms with Crippen LogP contribution in [-0.4, -0.2) is 86.6 Å². The molecule has 16 heteroatoms. The molecule has 1 fully saturated rings. The minimum Gasteiger partial charge on any atom is -0.357 e. The van der Waals surface area contributed by atoms with Crippen LogP contribution in [0.4, 0.5) is 8.78 Å². The Hall–Kier alpha value is -2.94. The first kappa shape index (κ1) is 28.1. The van der Waals surface area contributed by atoms with Gasteiger partial charge in [0.15, 0.2) is 0 Å². The van der Waals surface area contributed by atoms with Gasteiger partial charge in [-0.25, -0.2) is 0 Å². The summed E-state index contributed by atoms with van der Waals surface area (Å²) in [7, 11) is 9.94. The molecule has 2 aliphatic heterocycles. The molecule has 38 heavy (non-hydrogen) atoms. The van der Waals surface area contributed by atoms with Crippen molar-refractivity contribution in [2.75, 3.05) is 0 Å². The van der Waals surface area contributed by atoms with Crippen molar-refractivity contribution in [1.29, 1.82) is 0 Å². The average molecular weight is 533 g/mol. The number of fused-ring (bicyclic) bond motifs is 1. The molecule has 2 aromatic rings. The van der Waals surface area contributed by atoms with Crippen molar-refractivity contribution in [2.24, 2.45) is 0 Å². The van der Waals surface area contributed by atoms with Gasteiger partial charge in [-0.2, -0.15) is 8.78 Å². The standard InChI is InChI=1S/C22H24B6ClF2N3O4/c23-14-17(36)34(28)18(37)15(20(14,24)25)33-8-9-7-11(3-6-13(9)16(33)35)22(26,27)32-19(38)21(30,31)10-1-4-12(29)5-2-10/h1-7,14-15H,8,23-28H2,(H,32,38). The van der Waals surface area contributed by atoms with E-state index in [2.05, 4.69) is 5.32 Å². The van der Waals surface area contributed by atoms with Crippen LogP contribution < -0.4 is 5.32 Å². The fourth-order valence-electron chi connectivity index (χ4n) is 5.16. The molecule has 0 radical (unpaired) electrons. The normalized spacial score (nSPS) is 21.4. The molecule has 0 aromatic heterocycles. The summed E-state index contributed by atoms with van der Waals surface area (Å²) in [5.74, 6) is -6.84. The van der Waals surface area contributed by atoms with Crippen molar-refractivity contribution >= 4 is 82.4 Å². The van der Waals surface area contributed by atoms with E-state index in [0.29, 0.717) is 16.7 Å². The predicted octanol–water partition coefficient (Wildman–Crippen LogP) is -3.33. The van der Waals surface area contributed by atoms with Gasteiger partial charge in [-0.15, -0.1) is 0 Å². The van der Waals surface area contributed by atoms with Crippen LogP contribution in [0.3, 0.4) is 0 Å². The second kappa shape index (κ2) is 9.36. The smallest absolute Gasteiger partial charge is 0.349 e. The van der Waals surface area contributed by atoms with E-state index in [9.17, 15) is 28.0 Å². The molecule has 0 bridgehead atoms. The quantitative estimate of drug-likeness (QED) is 0.323. The third-order valence-electron chi connectivity index (χ3n) is 7.97. The van der Waals surface area contributed by atoms with Crippen LogP contribution in [0.15, 0.2) is 42.5 Å². The van der Waals surface area contributed by atoms with Crippen molar-refractivity contribution < 1.29 is 28.0 Å². The zero-order valence-corrected chi connectivity index (χ0v) is 22.8. The lowest BCUT2D eigenvalue weighted by molar-refractivity contribution is -0.148. The van der Waals surface area contributed by atoms with Crippen LogP contribution in [0.2, 0.25) is 16.1 Å². The average Bonchev–Trinajstić information content (AvgIpc) is 3.16. The molecule has 0 aliphatic carbocycles. The van der Waals surface area contributed by atoms with Gasteiger partial charge < -0.3 is 15.0 Å². The van der Waals surface area contributed by atoms with E-state index in [1.165, 1.54) is 25.0 Å². The topological polar surface area (TPSA) is 86.8 Å². The zero-order valence-electron chi connectivity index (χ0n) is 22.1. The van der Waals surface area contributed by atoms with Gasteiger partial charge in [0.25, 0.3) is 11.8 Å². The minimum atomic E-state index is -3.79. The number of halogens is 3. The monoisotopic (exact) mass is 533 g/mol. The summed E-state index contributed by atoms with van der Waals surface area (Å²) >= 11 is 5.78. The molecule has 2 atom stereocenters. The van der Waals surface area contributed by atoms with E-state index in [1.54, 1.807) is 57.4 Å². The lowest BCUT2D eigenvalue weighted by Gasteiger charge is -2.49. The molecule has 2 unspecified atom stereocenters. The number of nitrogens with one attached hydrogen (secondary N) is 1. The Bertz CT molecular complexity index is 1360. The van der Waals surface area contributed by atoms with Crippen molar-refractivity contribution in [3.63, 3.8) is 0 Å². The number of imide groups is 1. The van der Waals surface area contributed by atoms with Crippen molar-refractivity contribution in [3.05, 3.63) is 69.7 Å². The lowest BCUT2D eigenvalue weighted by atomic mass is 9.38. The first-order chi connectivity index (χ1) is 17.5. The number of rotatable bonds is 5. The number of alkyl halides is 2. The Morgan fingerprint density at radius 2 is 1.61 bits per heavy atom. The Morgan fingerprint density at radius 1 is 1.03 bits per heavy atom. The summed E-state index contributed by atoms with van der Waals surface area (Å²) in [5.41, 5.74) is 1.03. The van der Waals surface area contributed by atoms with E-state index in [1.807, 2.05) is 0 Å². The zero-order chi connectivity index (χ0) is 28.4. The van der Waals surface area contributed by atoms with E-state index >= 15 is 0 Å². The number of amides is 4. The summed E-state index contributed by atoms with van der Waals surface area (Å²) in [4.78, 5) is 54.2. The van der Waals surface area contributed by atoms with Crippen LogP contribution in [-0.2, 0) is 32.2 Å². The van der Waals surface area contributed by atoms with Crippen LogP contribution in [0.25, 0.3) is 0 Å². The largest absolute Gasteiger partial charge is 0.357 e. The van der Waals surface area contributed by atoms with Crippen LogP contribution >= 0.6 is 11.6 Å². The highest BCUT2D eigenvalue weighted by Crippen LogP contribution is 2.45. The summed E-state index contributed by atoms with van der Waals surface area (Å²) in [6.07, 6.45) is 0. The first-order valence-corrected chi connectivity index (χ1v) is 12.6. The number of carbonyl (C=O) groups is 4. The Labute approximate surface area is 229 Å². The molecule has 2 heterocycles. The molecule has 7 nitrogen and oxygen atoms in total. The molecule has 4 amide bonds. The number of nitrogens with zero attached hydrogens (tertiary/aromatic N) is 2. The van der Waals surface area contributed by atoms with E-state index in [0.717, 1.165) is 16.9 Å².